The first kappa shape index (κ1) is 22.6. The van der Waals surface area contributed by atoms with Crippen LogP contribution >= 0.6 is 0 Å². The molecule has 7 heteroatoms. The second-order valence-electron chi connectivity index (χ2n) is 8.55. The molecule has 1 fully saturated rings. The van der Waals surface area contributed by atoms with Crippen molar-refractivity contribution in [1.82, 2.24) is 9.47 Å². The molecule has 0 unspecified atom stereocenters. The summed E-state index contributed by atoms with van der Waals surface area (Å²) in [6, 6.07) is 11.1. The zero-order chi connectivity index (χ0) is 23.5. The molecule has 7 nitrogen and oxygen atoms in total. The first-order valence-electron chi connectivity index (χ1n) is 11.3. The third-order valence-corrected chi connectivity index (χ3v) is 6.20. The Bertz CT molecular complexity index is 1220. The number of benzene rings is 2. The standard InChI is InChI=1S/C26H29N3O4/c1-17-14-23(33-3)18(2)13-21(17)27-24(30)16-29-15-20(19-9-5-6-10-22(19)29)25(31)26(32)28-11-7-4-8-12-28/h5-6,9-10,13-15H,4,7-8,11-12,16H2,1-3H3,(H,27,30). The lowest BCUT2D eigenvalue weighted by Crippen LogP contribution is -2.40. The molecule has 0 saturated carbocycles. The van der Waals surface area contributed by atoms with Gasteiger partial charge >= 0.3 is 0 Å². The van der Waals surface area contributed by atoms with E-state index in [-0.39, 0.29) is 12.5 Å². The molecule has 1 saturated heterocycles. The zero-order valence-corrected chi connectivity index (χ0v) is 19.3. The van der Waals surface area contributed by atoms with Crippen molar-refractivity contribution in [2.45, 2.75) is 39.7 Å². The van der Waals surface area contributed by atoms with Gasteiger partial charge in [-0.15, -0.1) is 0 Å². The van der Waals surface area contributed by atoms with Gasteiger partial charge in [0.1, 0.15) is 12.3 Å². The highest BCUT2D eigenvalue weighted by Crippen LogP contribution is 2.27. The number of anilines is 1. The molecule has 0 aliphatic carbocycles. The van der Waals surface area contributed by atoms with E-state index in [1.165, 1.54) is 0 Å². The molecule has 0 radical (unpaired) electrons. The zero-order valence-electron chi connectivity index (χ0n) is 19.3. The highest BCUT2D eigenvalue weighted by atomic mass is 16.5. The van der Waals surface area contributed by atoms with E-state index in [1.54, 1.807) is 22.8 Å². The molecule has 1 aliphatic heterocycles. The van der Waals surface area contributed by atoms with Crippen molar-refractivity contribution in [2.75, 3.05) is 25.5 Å². The topological polar surface area (TPSA) is 80.6 Å². The van der Waals surface area contributed by atoms with Gasteiger partial charge in [-0.25, -0.2) is 0 Å². The number of likely N-dealkylation sites (tertiary alicyclic amines) is 1. The quantitative estimate of drug-likeness (QED) is 0.456. The molecule has 1 aliphatic rings. The second kappa shape index (κ2) is 9.48. The Balaban J connectivity index is 1.57. The van der Waals surface area contributed by atoms with E-state index < -0.39 is 11.7 Å². The number of aromatic nitrogens is 1. The first-order chi connectivity index (χ1) is 15.9. The van der Waals surface area contributed by atoms with Gasteiger partial charge in [-0.2, -0.15) is 0 Å². The van der Waals surface area contributed by atoms with Crippen LogP contribution in [0.1, 0.15) is 40.7 Å². The van der Waals surface area contributed by atoms with Crippen LogP contribution in [0.25, 0.3) is 10.9 Å². The minimum atomic E-state index is -0.520. The molecule has 0 atom stereocenters. The predicted molar refractivity (Wildman–Crippen MR) is 128 cm³/mol. The molecule has 33 heavy (non-hydrogen) atoms. The van der Waals surface area contributed by atoms with Gasteiger partial charge in [-0.1, -0.05) is 18.2 Å². The number of hydrogen-bond donors (Lipinski definition) is 1. The lowest BCUT2D eigenvalue weighted by molar-refractivity contribution is -0.127. The van der Waals surface area contributed by atoms with Gasteiger partial charge in [0.2, 0.25) is 5.91 Å². The van der Waals surface area contributed by atoms with Crippen LogP contribution in [-0.4, -0.2) is 47.3 Å². The van der Waals surface area contributed by atoms with Gasteiger partial charge in [0.15, 0.2) is 0 Å². The number of nitrogens with one attached hydrogen (secondary N) is 1. The van der Waals surface area contributed by atoms with Gasteiger partial charge in [0, 0.05) is 35.9 Å². The van der Waals surface area contributed by atoms with Crippen LogP contribution in [0.5, 0.6) is 5.75 Å². The number of nitrogens with zero attached hydrogens (tertiary/aromatic N) is 2. The van der Waals surface area contributed by atoms with E-state index in [0.29, 0.717) is 29.7 Å². The van der Waals surface area contributed by atoms with Crippen LogP contribution in [0.15, 0.2) is 42.6 Å². The van der Waals surface area contributed by atoms with Crippen LogP contribution in [0.3, 0.4) is 0 Å². The number of carbonyl (C=O) groups excluding carboxylic acids is 3. The molecule has 2 aromatic carbocycles. The Kier molecular flexibility index (Phi) is 6.49. The number of ether oxygens (including phenoxy) is 1. The van der Waals surface area contributed by atoms with Crippen molar-refractivity contribution in [2.24, 2.45) is 0 Å². The number of piperidine rings is 1. The fourth-order valence-corrected chi connectivity index (χ4v) is 4.40. The van der Waals surface area contributed by atoms with Crippen molar-refractivity contribution < 1.29 is 19.1 Å². The molecule has 1 N–H and O–H groups in total. The Labute approximate surface area is 193 Å². The van der Waals surface area contributed by atoms with E-state index in [0.717, 1.165) is 41.7 Å². The van der Waals surface area contributed by atoms with Crippen LogP contribution < -0.4 is 10.1 Å². The van der Waals surface area contributed by atoms with Gasteiger partial charge in [0.05, 0.1) is 12.7 Å². The summed E-state index contributed by atoms with van der Waals surface area (Å²) in [5, 5.41) is 3.63. The second-order valence-corrected chi connectivity index (χ2v) is 8.55. The van der Waals surface area contributed by atoms with Gasteiger partial charge in [-0.3, -0.25) is 14.4 Å². The molecule has 2 heterocycles. The van der Waals surface area contributed by atoms with Crippen LogP contribution in [0.4, 0.5) is 5.69 Å². The molecule has 172 valence electrons. The van der Waals surface area contributed by atoms with Gasteiger partial charge in [0.25, 0.3) is 11.7 Å². The summed E-state index contributed by atoms with van der Waals surface area (Å²) >= 11 is 0. The van der Waals surface area contributed by atoms with E-state index >= 15 is 0 Å². The lowest BCUT2D eigenvalue weighted by atomic mass is 10.1. The number of methoxy groups -OCH3 is 1. The third kappa shape index (κ3) is 4.62. The number of carbonyl (C=O) groups is 3. The van der Waals surface area contributed by atoms with Gasteiger partial charge in [-0.05, 0) is 62.4 Å². The number of para-hydroxylation sites is 1. The molecular weight excluding hydrogens is 418 g/mol. The van der Waals surface area contributed by atoms with Crippen molar-refractivity contribution in [3.05, 3.63) is 59.3 Å². The van der Waals surface area contributed by atoms with Crippen molar-refractivity contribution in [1.29, 1.82) is 0 Å². The third-order valence-electron chi connectivity index (χ3n) is 6.20. The first-order valence-corrected chi connectivity index (χ1v) is 11.3. The van der Waals surface area contributed by atoms with E-state index in [9.17, 15) is 14.4 Å². The minimum absolute atomic E-state index is 0.0240. The minimum Gasteiger partial charge on any atom is -0.496 e. The largest absolute Gasteiger partial charge is 0.496 e. The fourth-order valence-electron chi connectivity index (χ4n) is 4.40. The smallest absolute Gasteiger partial charge is 0.295 e. The molecular formula is C26H29N3O4. The number of rotatable bonds is 6. The summed E-state index contributed by atoms with van der Waals surface area (Å²) in [5.74, 6) is -0.437. The number of ketones is 1. The maximum absolute atomic E-state index is 13.1. The summed E-state index contributed by atoms with van der Waals surface area (Å²) in [5.41, 5.74) is 3.61. The molecule has 3 aromatic rings. The van der Waals surface area contributed by atoms with E-state index in [1.807, 2.05) is 50.2 Å². The number of fused-ring (bicyclic) bond motifs is 1. The molecule has 4 rings (SSSR count). The SMILES string of the molecule is COc1cc(C)c(NC(=O)Cn2cc(C(=O)C(=O)N3CCCCC3)c3ccccc32)cc1C. The molecule has 2 amide bonds. The number of amides is 2. The van der Waals surface area contributed by atoms with E-state index in [4.69, 9.17) is 4.74 Å². The number of hydrogen-bond acceptors (Lipinski definition) is 4. The fraction of sp³-hybridized carbons (Fsp3) is 0.346. The Morgan fingerprint density at radius 3 is 2.45 bits per heavy atom. The molecule has 0 bridgehead atoms. The summed E-state index contributed by atoms with van der Waals surface area (Å²) < 4.78 is 7.07. The van der Waals surface area contributed by atoms with Crippen LogP contribution in [0.2, 0.25) is 0 Å². The lowest BCUT2D eigenvalue weighted by Gasteiger charge is -2.25. The van der Waals surface area contributed by atoms with Gasteiger partial charge < -0.3 is 19.5 Å². The van der Waals surface area contributed by atoms with Crippen molar-refractivity contribution in [3.63, 3.8) is 0 Å². The van der Waals surface area contributed by atoms with Crippen molar-refractivity contribution in [3.8, 4) is 5.75 Å². The molecule has 0 spiro atoms. The summed E-state index contributed by atoms with van der Waals surface area (Å²) in [6.07, 6.45) is 4.55. The maximum atomic E-state index is 13.1. The Morgan fingerprint density at radius 2 is 1.73 bits per heavy atom. The monoisotopic (exact) mass is 447 g/mol. The highest BCUT2D eigenvalue weighted by molar-refractivity contribution is 6.44. The predicted octanol–water partition coefficient (Wildman–Crippen LogP) is 4.10. The Hall–Kier alpha value is -3.61. The maximum Gasteiger partial charge on any atom is 0.295 e. The van der Waals surface area contributed by atoms with Crippen LogP contribution in [-0.2, 0) is 16.1 Å². The average molecular weight is 448 g/mol. The molecule has 1 aromatic heterocycles. The number of Topliss-reactive ketones (excluding diaryl/α,β-unsaturated/α-hetero) is 1. The normalized spacial score (nSPS) is 13.7. The van der Waals surface area contributed by atoms with Crippen molar-refractivity contribution >= 4 is 34.2 Å². The number of aryl methyl sites for hydroxylation is 2. The highest BCUT2D eigenvalue weighted by Gasteiger charge is 2.27. The average Bonchev–Trinajstić information content (AvgIpc) is 3.19. The summed E-state index contributed by atoms with van der Waals surface area (Å²) in [6.45, 7) is 5.09. The van der Waals surface area contributed by atoms with Crippen LogP contribution in [0, 0.1) is 13.8 Å². The van der Waals surface area contributed by atoms with E-state index in [2.05, 4.69) is 5.32 Å². The summed E-state index contributed by atoms with van der Waals surface area (Å²) in [7, 11) is 1.62. The Morgan fingerprint density at radius 1 is 1.00 bits per heavy atom. The summed E-state index contributed by atoms with van der Waals surface area (Å²) in [4.78, 5) is 40.4.